The summed E-state index contributed by atoms with van der Waals surface area (Å²) in [6.07, 6.45) is 1.54. The molecule has 3 aromatic rings. The van der Waals surface area contributed by atoms with Crippen LogP contribution >= 0.6 is 0 Å². The highest BCUT2D eigenvalue weighted by atomic mass is 19.1. The molecule has 6 heteroatoms. The Morgan fingerprint density at radius 3 is 2.45 bits per heavy atom. The van der Waals surface area contributed by atoms with E-state index in [0.29, 0.717) is 17.0 Å². The van der Waals surface area contributed by atoms with Gasteiger partial charge in [-0.15, -0.1) is 0 Å². The number of fused-ring (bicyclic) bond motifs is 1. The second-order valence-corrected chi connectivity index (χ2v) is 7.22. The number of benzene rings is 3. The van der Waals surface area contributed by atoms with Gasteiger partial charge in [0.1, 0.15) is 12.4 Å². The number of anilines is 1. The van der Waals surface area contributed by atoms with Crippen LogP contribution in [-0.4, -0.2) is 18.4 Å². The highest BCUT2D eigenvalue weighted by molar-refractivity contribution is 6.12. The molecule has 1 unspecified atom stereocenters. The largest absolute Gasteiger partial charge is 0.449 e. The summed E-state index contributed by atoms with van der Waals surface area (Å²) < 4.78 is 19.0. The van der Waals surface area contributed by atoms with E-state index in [1.165, 1.54) is 23.1 Å². The molecule has 3 aromatic carbocycles. The van der Waals surface area contributed by atoms with Crippen molar-refractivity contribution in [2.45, 2.75) is 13.0 Å². The number of rotatable bonds is 5. The highest BCUT2D eigenvalue weighted by Gasteiger charge is 2.31. The van der Waals surface area contributed by atoms with Crippen molar-refractivity contribution in [1.29, 1.82) is 0 Å². The lowest BCUT2D eigenvalue weighted by Gasteiger charge is -2.30. The van der Waals surface area contributed by atoms with E-state index in [-0.39, 0.29) is 30.1 Å². The molecular weight excluding hydrogens is 395 g/mol. The van der Waals surface area contributed by atoms with Gasteiger partial charge in [0.2, 0.25) is 5.91 Å². The average molecular weight is 416 g/mol. The molecule has 0 aliphatic carbocycles. The minimum absolute atomic E-state index is 0.0641. The van der Waals surface area contributed by atoms with Crippen molar-refractivity contribution in [3.05, 3.63) is 102 Å². The Morgan fingerprint density at radius 1 is 1.03 bits per heavy atom. The van der Waals surface area contributed by atoms with Crippen LogP contribution in [0.5, 0.6) is 5.75 Å². The second-order valence-electron chi connectivity index (χ2n) is 7.22. The van der Waals surface area contributed by atoms with Crippen LogP contribution in [0.25, 0.3) is 6.08 Å². The van der Waals surface area contributed by atoms with Crippen LogP contribution in [0.4, 0.5) is 10.1 Å². The molecule has 1 aliphatic rings. The quantitative estimate of drug-likeness (QED) is 0.625. The van der Waals surface area contributed by atoms with E-state index in [0.717, 1.165) is 5.56 Å². The summed E-state index contributed by atoms with van der Waals surface area (Å²) in [5, 5.41) is 2.93. The van der Waals surface area contributed by atoms with Gasteiger partial charge in [0, 0.05) is 0 Å². The summed E-state index contributed by atoms with van der Waals surface area (Å²) in [6.45, 7) is 1.74. The summed E-state index contributed by atoms with van der Waals surface area (Å²) in [5.74, 6) is -0.559. The van der Waals surface area contributed by atoms with Crippen molar-refractivity contribution in [3.63, 3.8) is 0 Å². The predicted molar refractivity (Wildman–Crippen MR) is 117 cm³/mol. The lowest BCUT2D eigenvalue weighted by atomic mass is 10.1. The number of carbonyl (C=O) groups is 2. The van der Waals surface area contributed by atoms with Crippen LogP contribution in [0.15, 0.2) is 84.6 Å². The molecule has 0 radical (unpaired) electrons. The number of nitrogens with zero attached hydrogens (tertiary/aromatic N) is 1. The molecule has 156 valence electrons. The van der Waals surface area contributed by atoms with Crippen LogP contribution in [0.1, 0.15) is 24.1 Å². The van der Waals surface area contributed by atoms with Crippen LogP contribution < -0.4 is 15.0 Å². The summed E-state index contributed by atoms with van der Waals surface area (Å²) >= 11 is 0. The van der Waals surface area contributed by atoms with Crippen LogP contribution in [-0.2, 0) is 9.59 Å². The van der Waals surface area contributed by atoms with Crippen molar-refractivity contribution in [3.8, 4) is 5.75 Å². The Morgan fingerprint density at radius 2 is 1.71 bits per heavy atom. The number of nitrogens with one attached hydrogen (secondary N) is 1. The molecule has 2 amide bonds. The van der Waals surface area contributed by atoms with E-state index >= 15 is 0 Å². The summed E-state index contributed by atoms with van der Waals surface area (Å²) in [7, 11) is 0. The summed E-state index contributed by atoms with van der Waals surface area (Å²) in [6, 6.07) is 22.2. The molecule has 0 spiro atoms. The summed E-state index contributed by atoms with van der Waals surface area (Å²) in [5.41, 5.74) is 2.11. The van der Waals surface area contributed by atoms with Crippen LogP contribution in [0.3, 0.4) is 0 Å². The van der Waals surface area contributed by atoms with Gasteiger partial charge in [-0.05, 0) is 48.4 Å². The second kappa shape index (κ2) is 8.83. The normalized spacial score (nSPS) is 15.2. The molecule has 1 atom stereocenters. The molecule has 0 fully saturated rings. The monoisotopic (exact) mass is 416 g/mol. The summed E-state index contributed by atoms with van der Waals surface area (Å²) in [4.78, 5) is 27.3. The van der Waals surface area contributed by atoms with Gasteiger partial charge in [-0.1, -0.05) is 54.6 Å². The number of para-hydroxylation sites is 2. The third-order valence-electron chi connectivity index (χ3n) is 4.98. The predicted octanol–water partition coefficient (Wildman–Crippen LogP) is 4.47. The Hall–Kier alpha value is -3.93. The first-order chi connectivity index (χ1) is 15.0. The Kier molecular flexibility index (Phi) is 5.80. The van der Waals surface area contributed by atoms with Gasteiger partial charge < -0.3 is 10.1 Å². The molecule has 0 aromatic heterocycles. The first-order valence-corrected chi connectivity index (χ1v) is 9.91. The molecule has 1 aliphatic heterocycles. The molecule has 0 bridgehead atoms. The number of hydrogen-bond donors (Lipinski definition) is 1. The van der Waals surface area contributed by atoms with E-state index in [1.54, 1.807) is 36.4 Å². The molecule has 5 nitrogen and oxygen atoms in total. The first kappa shape index (κ1) is 20.3. The minimum Gasteiger partial charge on any atom is -0.449 e. The van der Waals surface area contributed by atoms with Crippen molar-refractivity contribution in [2.24, 2.45) is 0 Å². The van der Waals surface area contributed by atoms with Crippen molar-refractivity contribution in [1.82, 2.24) is 5.32 Å². The maximum atomic E-state index is 13.2. The number of amides is 2. The zero-order valence-electron chi connectivity index (χ0n) is 16.9. The third-order valence-corrected chi connectivity index (χ3v) is 4.98. The Balaban J connectivity index is 1.57. The van der Waals surface area contributed by atoms with Gasteiger partial charge in [0.15, 0.2) is 11.5 Å². The molecule has 1 heterocycles. The molecule has 1 N–H and O–H groups in total. The Bertz CT molecular complexity index is 1130. The van der Waals surface area contributed by atoms with Crippen molar-refractivity contribution < 1.29 is 18.7 Å². The molecule has 31 heavy (non-hydrogen) atoms. The van der Waals surface area contributed by atoms with E-state index in [4.69, 9.17) is 4.74 Å². The van der Waals surface area contributed by atoms with Crippen LogP contribution in [0.2, 0.25) is 0 Å². The van der Waals surface area contributed by atoms with Gasteiger partial charge in [0.25, 0.3) is 5.91 Å². The molecule has 0 saturated heterocycles. The molecule has 4 rings (SSSR count). The van der Waals surface area contributed by atoms with Gasteiger partial charge in [-0.2, -0.15) is 0 Å². The van der Waals surface area contributed by atoms with Crippen molar-refractivity contribution in [2.75, 3.05) is 11.4 Å². The minimum atomic E-state index is -0.439. The average Bonchev–Trinajstić information content (AvgIpc) is 2.78. The number of ether oxygens (including phenoxy) is 1. The Labute approximate surface area is 179 Å². The standard InChI is InChI=1S/C25H21FN2O3/c1-17(19-7-3-2-4-8-19)27-24(29)16-28-21-9-5-6-10-22(21)31-23(25(28)30)15-18-11-13-20(26)14-12-18/h2-15,17H,16H2,1H3,(H,27,29). The highest BCUT2D eigenvalue weighted by Crippen LogP contribution is 2.35. The van der Waals surface area contributed by atoms with Gasteiger partial charge >= 0.3 is 0 Å². The smallest absolute Gasteiger partial charge is 0.294 e. The van der Waals surface area contributed by atoms with Crippen molar-refractivity contribution >= 4 is 23.6 Å². The van der Waals surface area contributed by atoms with E-state index in [9.17, 15) is 14.0 Å². The first-order valence-electron chi connectivity index (χ1n) is 9.91. The fraction of sp³-hybridized carbons (Fsp3) is 0.120. The van der Waals surface area contributed by atoms with Crippen LogP contribution in [0, 0.1) is 5.82 Å². The van der Waals surface area contributed by atoms with E-state index in [1.807, 2.05) is 37.3 Å². The zero-order chi connectivity index (χ0) is 21.8. The SMILES string of the molecule is CC(NC(=O)CN1C(=O)C(=Cc2ccc(F)cc2)Oc2ccccc21)c1ccccc1. The topological polar surface area (TPSA) is 58.6 Å². The molecular formula is C25H21FN2O3. The maximum absolute atomic E-state index is 13.2. The van der Waals surface area contributed by atoms with E-state index in [2.05, 4.69) is 5.32 Å². The number of hydrogen-bond acceptors (Lipinski definition) is 3. The van der Waals surface area contributed by atoms with E-state index < -0.39 is 5.91 Å². The fourth-order valence-electron chi connectivity index (χ4n) is 3.39. The van der Waals surface area contributed by atoms with Gasteiger partial charge in [-0.25, -0.2) is 4.39 Å². The third kappa shape index (κ3) is 4.64. The number of carbonyl (C=O) groups excluding carboxylic acids is 2. The zero-order valence-corrected chi connectivity index (χ0v) is 16.9. The number of halogens is 1. The molecule has 0 saturated carbocycles. The van der Waals surface area contributed by atoms with Gasteiger partial charge in [-0.3, -0.25) is 14.5 Å². The lowest BCUT2D eigenvalue weighted by Crippen LogP contribution is -2.44. The maximum Gasteiger partial charge on any atom is 0.294 e. The lowest BCUT2D eigenvalue weighted by molar-refractivity contribution is -0.123. The fourth-order valence-corrected chi connectivity index (χ4v) is 3.39. The van der Waals surface area contributed by atoms with Gasteiger partial charge in [0.05, 0.1) is 11.7 Å².